The van der Waals surface area contributed by atoms with Crippen molar-refractivity contribution in [2.75, 3.05) is 26.0 Å². The van der Waals surface area contributed by atoms with Crippen molar-refractivity contribution in [3.05, 3.63) is 57.6 Å². The van der Waals surface area contributed by atoms with Crippen LogP contribution in [0.25, 0.3) is 0 Å². The van der Waals surface area contributed by atoms with Gasteiger partial charge < -0.3 is 30.6 Å². The zero-order valence-electron chi connectivity index (χ0n) is 16.1. The molecule has 2 aromatic carbocycles. The fourth-order valence-electron chi connectivity index (χ4n) is 2.39. The van der Waals surface area contributed by atoms with E-state index in [4.69, 9.17) is 39.1 Å². The number of benzene rings is 2. The van der Waals surface area contributed by atoms with Crippen molar-refractivity contribution in [1.82, 2.24) is 4.90 Å². The zero-order valence-corrected chi connectivity index (χ0v) is 18.4. The summed E-state index contributed by atoms with van der Waals surface area (Å²) in [6.07, 6.45) is 0. The van der Waals surface area contributed by atoms with Crippen LogP contribution in [0.4, 0.5) is 5.69 Å². The molecule has 0 heterocycles. The molecule has 0 aliphatic carbocycles. The van der Waals surface area contributed by atoms with Crippen molar-refractivity contribution in [2.24, 2.45) is 5.73 Å². The number of likely N-dealkylation sites (N-methyl/N-ethyl adjacent to an activating group) is 1. The van der Waals surface area contributed by atoms with E-state index in [1.165, 1.54) is 17.0 Å². The summed E-state index contributed by atoms with van der Waals surface area (Å²) in [7, 11) is 3.12. The van der Waals surface area contributed by atoms with E-state index in [0.717, 1.165) is 0 Å². The van der Waals surface area contributed by atoms with Gasteiger partial charge in [0.15, 0.2) is 6.61 Å². The molecule has 0 aliphatic rings. The zero-order chi connectivity index (χ0) is 21.7. The van der Waals surface area contributed by atoms with Crippen LogP contribution in [0.3, 0.4) is 0 Å². The topological polar surface area (TPSA) is 132 Å². The Hall–Kier alpha value is -2.68. The van der Waals surface area contributed by atoms with Crippen LogP contribution in [0.2, 0.25) is 10.0 Å². The molecule has 30 heavy (non-hydrogen) atoms. The lowest BCUT2D eigenvalue weighted by molar-refractivity contribution is -0.307. The monoisotopic (exact) mass is 473 g/mol. The van der Waals surface area contributed by atoms with E-state index in [-0.39, 0.29) is 52.1 Å². The lowest BCUT2D eigenvalue weighted by atomic mass is 10.0. The SMILES string of the molecule is CN(C)C(=O)COc1c(Cl)cc(Cl)cc1C(Nc1ccc(C(=N)N)cc1)C(=O)[O-].Cl. The first-order valence-electron chi connectivity index (χ1n) is 8.34. The first kappa shape index (κ1) is 25.4. The molecule has 0 aromatic heterocycles. The van der Waals surface area contributed by atoms with Gasteiger partial charge in [-0.1, -0.05) is 23.2 Å². The smallest absolute Gasteiger partial charge is 0.259 e. The predicted molar refractivity (Wildman–Crippen MR) is 117 cm³/mol. The van der Waals surface area contributed by atoms with Gasteiger partial charge in [0, 0.05) is 35.9 Å². The number of carbonyl (C=O) groups excluding carboxylic acids is 2. The Labute approximate surface area is 189 Å². The maximum Gasteiger partial charge on any atom is 0.259 e. The van der Waals surface area contributed by atoms with Gasteiger partial charge in [-0.05, 0) is 36.4 Å². The number of nitrogens with one attached hydrogen (secondary N) is 2. The van der Waals surface area contributed by atoms with Gasteiger partial charge >= 0.3 is 0 Å². The van der Waals surface area contributed by atoms with Crippen molar-refractivity contribution < 1.29 is 19.4 Å². The molecule has 0 spiro atoms. The summed E-state index contributed by atoms with van der Waals surface area (Å²) in [5, 5.41) is 22.3. The van der Waals surface area contributed by atoms with Gasteiger partial charge in [0.25, 0.3) is 5.91 Å². The Bertz CT molecular complexity index is 936. The average molecular weight is 475 g/mol. The van der Waals surface area contributed by atoms with E-state index in [1.807, 2.05) is 0 Å². The number of nitrogens with two attached hydrogens (primary N) is 1. The summed E-state index contributed by atoms with van der Waals surface area (Å²) in [6.45, 7) is -0.339. The maximum absolute atomic E-state index is 11.9. The highest BCUT2D eigenvalue weighted by atomic mass is 35.5. The van der Waals surface area contributed by atoms with Gasteiger partial charge in [0.1, 0.15) is 11.6 Å². The fraction of sp³-hybridized carbons (Fsp3) is 0.211. The van der Waals surface area contributed by atoms with E-state index in [9.17, 15) is 14.7 Å². The molecule has 0 radical (unpaired) electrons. The molecule has 1 unspecified atom stereocenters. The highest BCUT2D eigenvalue weighted by Crippen LogP contribution is 2.37. The normalized spacial score (nSPS) is 11.1. The second-order valence-corrected chi connectivity index (χ2v) is 7.11. The fourth-order valence-corrected chi connectivity index (χ4v) is 2.95. The Balaban J connectivity index is 0.00000450. The third kappa shape index (κ3) is 6.41. The first-order chi connectivity index (χ1) is 13.6. The van der Waals surface area contributed by atoms with Crippen LogP contribution in [-0.2, 0) is 9.59 Å². The molecule has 0 aliphatic heterocycles. The number of ether oxygens (including phenoxy) is 1. The number of halogens is 3. The molecule has 162 valence electrons. The summed E-state index contributed by atoms with van der Waals surface area (Å²) >= 11 is 12.2. The standard InChI is InChI=1S/C19H20Cl2N4O4.ClH/c1-25(2)15(26)9-29-17-13(7-11(20)8-14(17)21)16(19(27)28)24-12-5-3-10(4-6-12)18(22)23;/h3-8,16,24H,9H2,1-2H3,(H3,22,23)(H,27,28);1H/p-1. The number of carboxylic acid groups (broad SMARTS) is 1. The molecule has 2 rings (SSSR count). The molecule has 1 atom stereocenters. The van der Waals surface area contributed by atoms with Gasteiger partial charge in [0.05, 0.1) is 17.0 Å². The summed E-state index contributed by atoms with van der Waals surface area (Å²) in [5.41, 5.74) is 6.43. The Morgan fingerprint density at radius 3 is 2.33 bits per heavy atom. The number of amidine groups is 1. The summed E-state index contributed by atoms with van der Waals surface area (Å²) in [4.78, 5) is 25.0. The summed E-state index contributed by atoms with van der Waals surface area (Å²) in [5.74, 6) is -1.90. The molecular formula is C19H20Cl3N4O4-. The van der Waals surface area contributed by atoms with Crippen LogP contribution in [0, 0.1) is 5.41 Å². The third-order valence-corrected chi connectivity index (χ3v) is 4.43. The van der Waals surface area contributed by atoms with Crippen LogP contribution in [0.15, 0.2) is 36.4 Å². The molecule has 0 saturated carbocycles. The number of hydrogen-bond donors (Lipinski definition) is 3. The number of amides is 1. The lowest BCUT2D eigenvalue weighted by Gasteiger charge is -2.25. The van der Waals surface area contributed by atoms with Crippen molar-refractivity contribution >= 4 is 59.0 Å². The second kappa shape index (κ2) is 10.9. The first-order valence-corrected chi connectivity index (χ1v) is 9.09. The van der Waals surface area contributed by atoms with Crippen LogP contribution in [0.5, 0.6) is 5.75 Å². The molecule has 2 aromatic rings. The van der Waals surface area contributed by atoms with Gasteiger partial charge in [0.2, 0.25) is 0 Å². The molecular weight excluding hydrogens is 455 g/mol. The summed E-state index contributed by atoms with van der Waals surface area (Å²) in [6, 6.07) is 7.64. The van der Waals surface area contributed by atoms with Crippen molar-refractivity contribution in [1.29, 1.82) is 5.41 Å². The third-order valence-electron chi connectivity index (χ3n) is 3.93. The Kier molecular flexibility index (Phi) is 9.22. The largest absolute Gasteiger partial charge is 0.548 e. The molecule has 11 heteroatoms. The number of aliphatic carboxylic acids is 1. The number of hydrogen-bond acceptors (Lipinski definition) is 6. The van der Waals surface area contributed by atoms with Crippen LogP contribution >= 0.6 is 35.6 Å². The number of nitrogens with zero attached hydrogens (tertiary/aromatic N) is 1. The number of carbonyl (C=O) groups is 2. The van der Waals surface area contributed by atoms with Gasteiger partial charge in [-0.3, -0.25) is 10.2 Å². The minimum atomic E-state index is -1.46. The van der Waals surface area contributed by atoms with Crippen LogP contribution in [0.1, 0.15) is 17.2 Å². The van der Waals surface area contributed by atoms with E-state index >= 15 is 0 Å². The average Bonchev–Trinajstić information content (AvgIpc) is 2.64. The summed E-state index contributed by atoms with van der Waals surface area (Å²) < 4.78 is 5.51. The lowest BCUT2D eigenvalue weighted by Crippen LogP contribution is -2.35. The highest BCUT2D eigenvalue weighted by molar-refractivity contribution is 6.35. The van der Waals surface area contributed by atoms with E-state index in [0.29, 0.717) is 11.3 Å². The number of rotatable bonds is 8. The predicted octanol–water partition coefficient (Wildman–Crippen LogP) is 2.07. The molecule has 8 nitrogen and oxygen atoms in total. The van der Waals surface area contributed by atoms with Gasteiger partial charge in [-0.25, -0.2) is 0 Å². The van der Waals surface area contributed by atoms with Crippen molar-refractivity contribution in [3.8, 4) is 5.75 Å². The molecule has 0 saturated heterocycles. The minimum Gasteiger partial charge on any atom is -0.548 e. The van der Waals surface area contributed by atoms with Gasteiger partial charge in [-0.2, -0.15) is 0 Å². The van der Waals surface area contributed by atoms with Crippen LogP contribution < -0.4 is 20.9 Å². The van der Waals surface area contributed by atoms with Crippen molar-refractivity contribution in [3.63, 3.8) is 0 Å². The highest BCUT2D eigenvalue weighted by Gasteiger charge is 2.22. The Morgan fingerprint density at radius 1 is 1.23 bits per heavy atom. The van der Waals surface area contributed by atoms with Crippen molar-refractivity contribution in [2.45, 2.75) is 6.04 Å². The molecule has 0 bridgehead atoms. The number of carboxylic acids is 1. The minimum absolute atomic E-state index is 0. The quantitative estimate of drug-likeness (QED) is 0.396. The molecule has 0 fully saturated rings. The van der Waals surface area contributed by atoms with Crippen LogP contribution in [-0.4, -0.2) is 43.3 Å². The van der Waals surface area contributed by atoms with E-state index < -0.39 is 12.0 Å². The molecule has 1 amide bonds. The number of anilines is 1. The van der Waals surface area contributed by atoms with Gasteiger partial charge in [-0.15, -0.1) is 12.4 Å². The van der Waals surface area contributed by atoms with E-state index in [2.05, 4.69) is 5.32 Å². The molecule has 4 N–H and O–H groups in total. The Morgan fingerprint density at radius 2 is 1.83 bits per heavy atom. The maximum atomic E-state index is 11.9. The number of nitrogen functional groups attached to an aromatic ring is 1. The second-order valence-electron chi connectivity index (χ2n) is 6.27. The van der Waals surface area contributed by atoms with E-state index in [1.54, 1.807) is 38.4 Å².